The number of nitrogens with zero attached hydrogens (tertiary/aromatic N) is 1. The number of hydrogen-bond acceptors (Lipinski definition) is 3. The summed E-state index contributed by atoms with van der Waals surface area (Å²) >= 11 is 0. The fourth-order valence-electron chi connectivity index (χ4n) is 2.40. The standard InChI is InChI=1S/C13H15F3N2O2/c14-13(15,16)10-5-8(7-19)1-2-11(10)18-4-3-9(6-18)12(17)20/h1-2,5,9,19H,3-4,6-7H2,(H2,17,20). The molecule has 1 saturated heterocycles. The highest BCUT2D eigenvalue weighted by Crippen LogP contribution is 2.38. The highest BCUT2D eigenvalue weighted by molar-refractivity contribution is 5.78. The topological polar surface area (TPSA) is 66.6 Å². The zero-order chi connectivity index (χ0) is 14.9. The first-order valence-corrected chi connectivity index (χ1v) is 6.18. The highest BCUT2D eigenvalue weighted by Gasteiger charge is 2.37. The number of nitrogens with two attached hydrogens (primary N) is 1. The van der Waals surface area contributed by atoms with Gasteiger partial charge in [0.2, 0.25) is 5.91 Å². The number of aliphatic hydroxyl groups excluding tert-OH is 1. The van der Waals surface area contributed by atoms with Crippen LogP contribution in [0.1, 0.15) is 17.5 Å². The molecular weight excluding hydrogens is 273 g/mol. The number of aliphatic hydroxyl groups is 1. The average molecular weight is 288 g/mol. The van der Waals surface area contributed by atoms with Gasteiger partial charge in [-0.1, -0.05) is 6.07 Å². The molecule has 1 unspecified atom stereocenters. The molecule has 1 amide bonds. The normalized spacial score (nSPS) is 19.4. The monoisotopic (exact) mass is 288 g/mol. The fourth-order valence-corrected chi connectivity index (χ4v) is 2.40. The number of alkyl halides is 3. The molecule has 0 aromatic heterocycles. The lowest BCUT2D eigenvalue weighted by Gasteiger charge is -2.23. The summed E-state index contributed by atoms with van der Waals surface area (Å²) in [5, 5.41) is 8.96. The average Bonchev–Trinajstić information content (AvgIpc) is 2.86. The first kappa shape index (κ1) is 14.6. The van der Waals surface area contributed by atoms with Gasteiger partial charge in [-0.25, -0.2) is 0 Å². The van der Waals surface area contributed by atoms with Crippen LogP contribution < -0.4 is 10.6 Å². The first-order valence-electron chi connectivity index (χ1n) is 6.18. The van der Waals surface area contributed by atoms with E-state index in [0.717, 1.165) is 6.07 Å². The predicted molar refractivity (Wildman–Crippen MR) is 66.9 cm³/mol. The maximum atomic E-state index is 13.1. The Bertz CT molecular complexity index is 517. The SMILES string of the molecule is NC(=O)C1CCN(c2ccc(CO)cc2C(F)(F)F)C1. The molecule has 1 aromatic carbocycles. The van der Waals surface area contributed by atoms with Crippen LogP contribution in [0.4, 0.5) is 18.9 Å². The highest BCUT2D eigenvalue weighted by atomic mass is 19.4. The molecule has 0 bridgehead atoms. The molecule has 0 radical (unpaired) electrons. The summed E-state index contributed by atoms with van der Waals surface area (Å²) in [6.45, 7) is 0.0965. The number of hydrogen-bond donors (Lipinski definition) is 2. The lowest BCUT2D eigenvalue weighted by molar-refractivity contribution is -0.137. The van der Waals surface area contributed by atoms with Crippen molar-refractivity contribution in [1.82, 2.24) is 0 Å². The summed E-state index contributed by atoms with van der Waals surface area (Å²) in [4.78, 5) is 12.6. The van der Waals surface area contributed by atoms with Crippen LogP contribution in [0.3, 0.4) is 0 Å². The smallest absolute Gasteiger partial charge is 0.392 e. The molecule has 0 saturated carbocycles. The Morgan fingerprint density at radius 3 is 2.65 bits per heavy atom. The molecule has 1 atom stereocenters. The lowest BCUT2D eigenvalue weighted by Crippen LogP contribution is -2.28. The zero-order valence-corrected chi connectivity index (χ0v) is 10.7. The Balaban J connectivity index is 2.35. The molecule has 1 heterocycles. The number of carbonyl (C=O) groups excluding carboxylic acids is 1. The lowest BCUT2D eigenvalue weighted by atomic mass is 10.1. The van der Waals surface area contributed by atoms with Crippen LogP contribution in [0.15, 0.2) is 18.2 Å². The fraction of sp³-hybridized carbons (Fsp3) is 0.462. The predicted octanol–water partition coefficient (Wildman–Crippen LogP) is 1.51. The van der Waals surface area contributed by atoms with Gasteiger partial charge >= 0.3 is 6.18 Å². The molecule has 3 N–H and O–H groups in total. The number of rotatable bonds is 3. The molecule has 1 aromatic rings. The van der Waals surface area contributed by atoms with Crippen molar-refractivity contribution in [3.8, 4) is 0 Å². The van der Waals surface area contributed by atoms with Gasteiger partial charge < -0.3 is 15.7 Å². The Morgan fingerprint density at radius 2 is 2.15 bits per heavy atom. The van der Waals surface area contributed by atoms with Gasteiger partial charge in [-0.05, 0) is 24.1 Å². The maximum Gasteiger partial charge on any atom is 0.418 e. The van der Waals surface area contributed by atoms with E-state index < -0.39 is 30.2 Å². The van der Waals surface area contributed by atoms with E-state index in [0.29, 0.717) is 13.0 Å². The molecule has 4 nitrogen and oxygen atoms in total. The third-order valence-electron chi connectivity index (χ3n) is 3.48. The van der Waals surface area contributed by atoms with E-state index in [2.05, 4.69) is 0 Å². The van der Waals surface area contributed by atoms with Gasteiger partial charge in [0, 0.05) is 18.8 Å². The number of carbonyl (C=O) groups is 1. The zero-order valence-electron chi connectivity index (χ0n) is 10.7. The van der Waals surface area contributed by atoms with Crippen LogP contribution >= 0.6 is 0 Å². The number of benzene rings is 1. The molecule has 0 aliphatic carbocycles. The van der Waals surface area contributed by atoms with Crippen molar-refractivity contribution in [2.24, 2.45) is 11.7 Å². The molecule has 1 aliphatic rings. The van der Waals surface area contributed by atoms with E-state index >= 15 is 0 Å². The van der Waals surface area contributed by atoms with Crippen LogP contribution in [0.5, 0.6) is 0 Å². The largest absolute Gasteiger partial charge is 0.418 e. The van der Waals surface area contributed by atoms with Crippen molar-refractivity contribution in [2.75, 3.05) is 18.0 Å². The van der Waals surface area contributed by atoms with Crippen molar-refractivity contribution in [1.29, 1.82) is 0 Å². The second-order valence-corrected chi connectivity index (χ2v) is 4.84. The van der Waals surface area contributed by atoms with Gasteiger partial charge in [-0.15, -0.1) is 0 Å². The molecule has 1 fully saturated rings. The molecular formula is C13H15F3N2O2. The third kappa shape index (κ3) is 2.87. The van der Waals surface area contributed by atoms with Gasteiger partial charge in [-0.2, -0.15) is 13.2 Å². The number of primary amides is 1. The number of anilines is 1. The third-order valence-corrected chi connectivity index (χ3v) is 3.48. The van der Waals surface area contributed by atoms with Crippen molar-refractivity contribution >= 4 is 11.6 Å². The molecule has 1 aliphatic heterocycles. The van der Waals surface area contributed by atoms with E-state index in [1.165, 1.54) is 17.0 Å². The summed E-state index contributed by atoms with van der Waals surface area (Å²) in [5.41, 5.74) is 4.62. The van der Waals surface area contributed by atoms with Gasteiger partial charge in [0.25, 0.3) is 0 Å². The van der Waals surface area contributed by atoms with Crippen LogP contribution in [0, 0.1) is 5.92 Å². The Labute approximate surface area is 114 Å². The Morgan fingerprint density at radius 1 is 1.45 bits per heavy atom. The van der Waals surface area contributed by atoms with E-state index in [-0.39, 0.29) is 17.8 Å². The number of halogens is 3. The molecule has 7 heteroatoms. The molecule has 20 heavy (non-hydrogen) atoms. The van der Waals surface area contributed by atoms with E-state index in [9.17, 15) is 18.0 Å². The van der Waals surface area contributed by atoms with Crippen LogP contribution in [0.25, 0.3) is 0 Å². The van der Waals surface area contributed by atoms with Crippen molar-refractivity contribution in [2.45, 2.75) is 19.2 Å². The summed E-state index contributed by atoms with van der Waals surface area (Å²) in [5.74, 6) is -0.915. The summed E-state index contributed by atoms with van der Waals surface area (Å²) in [7, 11) is 0. The minimum absolute atomic E-state index is 0.0263. The van der Waals surface area contributed by atoms with E-state index in [1.807, 2.05) is 0 Å². The van der Waals surface area contributed by atoms with Gasteiger partial charge in [-0.3, -0.25) is 4.79 Å². The van der Waals surface area contributed by atoms with Crippen molar-refractivity contribution in [3.05, 3.63) is 29.3 Å². The van der Waals surface area contributed by atoms with Crippen molar-refractivity contribution in [3.63, 3.8) is 0 Å². The second kappa shape index (κ2) is 5.32. The molecule has 110 valence electrons. The minimum Gasteiger partial charge on any atom is -0.392 e. The quantitative estimate of drug-likeness (QED) is 0.886. The Kier molecular flexibility index (Phi) is 3.89. The summed E-state index contributed by atoms with van der Waals surface area (Å²) in [6, 6.07) is 3.72. The molecule has 2 rings (SSSR count). The van der Waals surface area contributed by atoms with Gasteiger partial charge in [0.05, 0.1) is 18.1 Å². The van der Waals surface area contributed by atoms with Gasteiger partial charge in [0.15, 0.2) is 0 Å². The summed E-state index contributed by atoms with van der Waals surface area (Å²) in [6.07, 6.45) is -4.06. The molecule has 0 spiro atoms. The maximum absolute atomic E-state index is 13.1. The second-order valence-electron chi connectivity index (χ2n) is 4.84. The Hall–Kier alpha value is -1.76. The van der Waals surface area contributed by atoms with Crippen LogP contribution in [-0.4, -0.2) is 24.1 Å². The van der Waals surface area contributed by atoms with Crippen LogP contribution in [0.2, 0.25) is 0 Å². The van der Waals surface area contributed by atoms with Crippen molar-refractivity contribution < 1.29 is 23.1 Å². The van der Waals surface area contributed by atoms with Gasteiger partial charge in [0.1, 0.15) is 0 Å². The van der Waals surface area contributed by atoms with E-state index in [4.69, 9.17) is 10.8 Å². The van der Waals surface area contributed by atoms with Crippen LogP contribution in [-0.2, 0) is 17.6 Å². The minimum atomic E-state index is -4.51. The first-order chi connectivity index (χ1) is 9.32. The number of amides is 1. The summed E-state index contributed by atoms with van der Waals surface area (Å²) < 4.78 is 39.2. The van der Waals surface area contributed by atoms with E-state index in [1.54, 1.807) is 0 Å².